The molecule has 0 spiro atoms. The Bertz CT molecular complexity index is 297. The monoisotopic (exact) mass is 267 g/mol. The molecule has 0 aromatic heterocycles. The Morgan fingerprint density at radius 1 is 1.16 bits per heavy atom. The third-order valence-electron chi connectivity index (χ3n) is 5.60. The van der Waals surface area contributed by atoms with E-state index in [-0.39, 0.29) is 5.54 Å². The summed E-state index contributed by atoms with van der Waals surface area (Å²) in [6, 6.07) is 0. The number of rotatable bonds is 2. The van der Waals surface area contributed by atoms with Gasteiger partial charge in [0.05, 0.1) is 0 Å². The maximum Gasteiger partial charge on any atom is 0.0344 e. The van der Waals surface area contributed by atoms with Crippen LogP contribution in [0.15, 0.2) is 0 Å². The van der Waals surface area contributed by atoms with Crippen LogP contribution in [-0.2, 0) is 0 Å². The van der Waals surface area contributed by atoms with Gasteiger partial charge >= 0.3 is 0 Å². The zero-order valence-corrected chi connectivity index (χ0v) is 13.4. The summed E-state index contributed by atoms with van der Waals surface area (Å²) in [6.07, 6.45) is 5.17. The molecule has 2 aliphatic rings. The fraction of sp³-hybridized carbons (Fsp3) is 1.00. The van der Waals surface area contributed by atoms with Gasteiger partial charge in [-0.25, -0.2) is 0 Å². The first kappa shape index (κ1) is 15.3. The first-order valence-electron chi connectivity index (χ1n) is 8.01. The minimum atomic E-state index is 0.282. The molecular weight excluding hydrogens is 234 g/mol. The molecule has 2 rings (SSSR count). The molecule has 0 radical (unpaired) electrons. The van der Waals surface area contributed by atoms with Crippen molar-refractivity contribution in [3.05, 3.63) is 0 Å². The van der Waals surface area contributed by atoms with Gasteiger partial charge in [-0.1, -0.05) is 20.8 Å². The minimum Gasteiger partial charge on any atom is -0.329 e. The maximum atomic E-state index is 6.23. The lowest BCUT2D eigenvalue weighted by molar-refractivity contribution is 0.0919. The largest absolute Gasteiger partial charge is 0.329 e. The SMILES string of the molecule is CN1CCCC(CN)(N2CCC(C(C)(C)C)C2)CC1. The average molecular weight is 267 g/mol. The molecule has 19 heavy (non-hydrogen) atoms. The van der Waals surface area contributed by atoms with Crippen LogP contribution in [0, 0.1) is 11.3 Å². The van der Waals surface area contributed by atoms with E-state index < -0.39 is 0 Å². The first-order chi connectivity index (χ1) is 8.87. The molecule has 0 aliphatic carbocycles. The van der Waals surface area contributed by atoms with Gasteiger partial charge in [-0.2, -0.15) is 0 Å². The van der Waals surface area contributed by atoms with Gasteiger partial charge in [0.25, 0.3) is 0 Å². The standard InChI is InChI=1S/C16H33N3/c1-15(2,3)14-6-10-19(12-14)16(13-17)7-5-9-18(4)11-8-16/h14H,5-13,17H2,1-4H3. The summed E-state index contributed by atoms with van der Waals surface area (Å²) in [4.78, 5) is 5.21. The maximum absolute atomic E-state index is 6.23. The number of nitrogens with two attached hydrogens (primary N) is 1. The van der Waals surface area contributed by atoms with E-state index >= 15 is 0 Å². The van der Waals surface area contributed by atoms with E-state index in [0.29, 0.717) is 5.41 Å². The minimum absolute atomic E-state index is 0.282. The number of hydrogen-bond donors (Lipinski definition) is 1. The van der Waals surface area contributed by atoms with E-state index in [4.69, 9.17) is 5.73 Å². The van der Waals surface area contributed by atoms with Crippen LogP contribution in [-0.4, -0.2) is 55.1 Å². The summed E-state index contributed by atoms with van der Waals surface area (Å²) >= 11 is 0. The Morgan fingerprint density at radius 3 is 2.47 bits per heavy atom. The smallest absolute Gasteiger partial charge is 0.0344 e. The number of nitrogens with zero attached hydrogens (tertiary/aromatic N) is 2. The Morgan fingerprint density at radius 2 is 1.89 bits per heavy atom. The van der Waals surface area contributed by atoms with E-state index in [0.717, 1.165) is 12.5 Å². The molecule has 2 heterocycles. The predicted octanol–water partition coefficient (Wildman–Crippen LogP) is 2.17. The second-order valence-corrected chi connectivity index (χ2v) is 7.88. The molecule has 2 saturated heterocycles. The van der Waals surface area contributed by atoms with Gasteiger partial charge in [0, 0.05) is 18.6 Å². The second kappa shape index (κ2) is 5.71. The van der Waals surface area contributed by atoms with E-state index in [9.17, 15) is 0 Å². The molecular formula is C16H33N3. The summed E-state index contributed by atoms with van der Waals surface area (Å²) in [5, 5.41) is 0. The van der Waals surface area contributed by atoms with Crippen LogP contribution in [0.2, 0.25) is 0 Å². The van der Waals surface area contributed by atoms with E-state index in [1.165, 1.54) is 51.9 Å². The normalized spacial score (nSPS) is 35.5. The van der Waals surface area contributed by atoms with Crippen molar-refractivity contribution < 1.29 is 0 Å². The average Bonchev–Trinajstić information content (AvgIpc) is 2.76. The van der Waals surface area contributed by atoms with Crippen molar-refractivity contribution in [2.45, 2.75) is 52.0 Å². The molecule has 2 N–H and O–H groups in total. The van der Waals surface area contributed by atoms with Crippen LogP contribution in [0.4, 0.5) is 0 Å². The summed E-state index contributed by atoms with van der Waals surface area (Å²) in [6.45, 7) is 12.9. The molecule has 3 heteroatoms. The van der Waals surface area contributed by atoms with Crippen LogP contribution in [0.3, 0.4) is 0 Å². The highest BCUT2D eigenvalue weighted by atomic mass is 15.2. The summed E-state index contributed by atoms with van der Waals surface area (Å²) in [5.41, 5.74) is 6.95. The van der Waals surface area contributed by atoms with Crippen molar-refractivity contribution in [1.82, 2.24) is 9.80 Å². The van der Waals surface area contributed by atoms with Crippen molar-refractivity contribution in [3.63, 3.8) is 0 Å². The summed E-state index contributed by atoms with van der Waals surface area (Å²) in [5.74, 6) is 0.830. The Labute approximate surface area is 119 Å². The topological polar surface area (TPSA) is 32.5 Å². The van der Waals surface area contributed by atoms with Crippen molar-refractivity contribution in [1.29, 1.82) is 0 Å². The molecule has 2 unspecified atom stereocenters. The molecule has 0 saturated carbocycles. The lowest BCUT2D eigenvalue weighted by Gasteiger charge is -2.41. The van der Waals surface area contributed by atoms with Gasteiger partial charge in [-0.3, -0.25) is 4.90 Å². The molecule has 0 bridgehead atoms. The fourth-order valence-electron chi connectivity index (χ4n) is 3.86. The first-order valence-corrected chi connectivity index (χ1v) is 8.01. The third kappa shape index (κ3) is 3.32. The van der Waals surface area contributed by atoms with Gasteiger partial charge < -0.3 is 10.6 Å². The molecule has 3 nitrogen and oxygen atoms in total. The zero-order chi connectivity index (χ0) is 14.1. The van der Waals surface area contributed by atoms with Gasteiger partial charge in [-0.15, -0.1) is 0 Å². The van der Waals surface area contributed by atoms with Gasteiger partial charge in [0.15, 0.2) is 0 Å². The lowest BCUT2D eigenvalue weighted by Crippen LogP contribution is -2.53. The van der Waals surface area contributed by atoms with Crippen LogP contribution < -0.4 is 5.73 Å². The molecule has 112 valence electrons. The van der Waals surface area contributed by atoms with E-state index in [1.807, 2.05) is 0 Å². The molecule has 0 amide bonds. The fourth-order valence-corrected chi connectivity index (χ4v) is 3.86. The third-order valence-corrected chi connectivity index (χ3v) is 5.60. The highest BCUT2D eigenvalue weighted by Crippen LogP contribution is 2.39. The Balaban J connectivity index is 2.06. The Hall–Kier alpha value is -0.120. The lowest BCUT2D eigenvalue weighted by atomic mass is 9.80. The van der Waals surface area contributed by atoms with Crippen LogP contribution in [0.25, 0.3) is 0 Å². The molecule has 2 fully saturated rings. The van der Waals surface area contributed by atoms with Crippen molar-refractivity contribution in [3.8, 4) is 0 Å². The van der Waals surface area contributed by atoms with Gasteiger partial charge in [-0.05, 0) is 63.7 Å². The predicted molar refractivity (Wildman–Crippen MR) is 82.3 cm³/mol. The van der Waals surface area contributed by atoms with E-state index in [1.54, 1.807) is 0 Å². The zero-order valence-electron chi connectivity index (χ0n) is 13.4. The van der Waals surface area contributed by atoms with Crippen LogP contribution in [0.1, 0.15) is 46.5 Å². The highest BCUT2D eigenvalue weighted by molar-refractivity contribution is 4.98. The van der Waals surface area contributed by atoms with Gasteiger partial charge in [0.1, 0.15) is 0 Å². The van der Waals surface area contributed by atoms with E-state index in [2.05, 4.69) is 37.6 Å². The molecule has 2 atom stereocenters. The summed E-state index contributed by atoms with van der Waals surface area (Å²) in [7, 11) is 2.24. The number of likely N-dealkylation sites (tertiary alicyclic amines) is 2. The number of hydrogen-bond acceptors (Lipinski definition) is 3. The van der Waals surface area contributed by atoms with Crippen molar-refractivity contribution >= 4 is 0 Å². The molecule has 0 aromatic rings. The second-order valence-electron chi connectivity index (χ2n) is 7.88. The van der Waals surface area contributed by atoms with Crippen LogP contribution in [0.5, 0.6) is 0 Å². The highest BCUT2D eigenvalue weighted by Gasteiger charge is 2.42. The molecule has 0 aromatic carbocycles. The molecule has 2 aliphatic heterocycles. The quantitative estimate of drug-likeness (QED) is 0.832. The summed E-state index contributed by atoms with van der Waals surface area (Å²) < 4.78 is 0. The van der Waals surface area contributed by atoms with Crippen molar-refractivity contribution in [2.75, 3.05) is 39.8 Å². The van der Waals surface area contributed by atoms with Crippen molar-refractivity contribution in [2.24, 2.45) is 17.1 Å². The van der Waals surface area contributed by atoms with Gasteiger partial charge in [0.2, 0.25) is 0 Å². The van der Waals surface area contributed by atoms with Crippen LogP contribution >= 0.6 is 0 Å². The Kier molecular flexibility index (Phi) is 4.59.